The Kier molecular flexibility index (Phi) is 4.29. The predicted molar refractivity (Wildman–Crippen MR) is 81.4 cm³/mol. The first-order valence-electron chi connectivity index (χ1n) is 5.68. The highest BCUT2D eigenvalue weighted by atomic mass is 35.5. The number of aromatic nitrogens is 2. The molecule has 1 aromatic carbocycles. The van der Waals surface area contributed by atoms with Crippen molar-refractivity contribution >= 4 is 34.5 Å². The molecular weight excluding hydrogens is 280 g/mol. The summed E-state index contributed by atoms with van der Waals surface area (Å²) < 4.78 is 0. The fourth-order valence-corrected chi connectivity index (χ4v) is 2.26. The molecule has 1 aromatic heterocycles. The lowest BCUT2D eigenvalue weighted by atomic mass is 10.1. The molecule has 0 unspecified atom stereocenters. The zero-order valence-corrected chi connectivity index (χ0v) is 11.9. The van der Waals surface area contributed by atoms with E-state index in [1.54, 1.807) is 12.3 Å². The summed E-state index contributed by atoms with van der Waals surface area (Å²) in [7, 11) is 0. The highest BCUT2D eigenvalue weighted by molar-refractivity contribution is 7.80. The van der Waals surface area contributed by atoms with Gasteiger partial charge in [0.2, 0.25) is 0 Å². The van der Waals surface area contributed by atoms with Gasteiger partial charge < -0.3 is 11.1 Å². The third kappa shape index (κ3) is 3.39. The molecule has 2 rings (SSSR count). The molecule has 0 saturated carbocycles. The van der Waals surface area contributed by atoms with Crippen LogP contribution in [0.5, 0.6) is 0 Å². The summed E-state index contributed by atoms with van der Waals surface area (Å²) in [5, 5.41) is 3.78. The number of nitrogens with one attached hydrogen (secondary N) is 1. The van der Waals surface area contributed by atoms with Crippen LogP contribution in [-0.4, -0.2) is 15.0 Å². The van der Waals surface area contributed by atoms with Crippen LogP contribution in [-0.2, 0) is 6.54 Å². The molecule has 0 fully saturated rings. The van der Waals surface area contributed by atoms with Crippen molar-refractivity contribution in [3.63, 3.8) is 0 Å². The van der Waals surface area contributed by atoms with Crippen LogP contribution in [0.1, 0.15) is 17.1 Å². The largest absolute Gasteiger partial charge is 0.389 e. The Hall–Kier alpha value is -1.72. The Bertz CT molecular complexity index is 615. The summed E-state index contributed by atoms with van der Waals surface area (Å²) in [5.74, 6) is 0.736. The number of hydrogen-bond donors (Lipinski definition) is 2. The van der Waals surface area contributed by atoms with Crippen molar-refractivity contribution in [3.8, 4) is 0 Å². The number of benzene rings is 1. The molecule has 19 heavy (non-hydrogen) atoms. The molecule has 0 aliphatic rings. The molecule has 0 amide bonds. The molecule has 1 heterocycles. The number of nitrogens with zero attached hydrogens (tertiary/aromatic N) is 2. The quantitative estimate of drug-likeness (QED) is 0.848. The number of anilines is 1. The van der Waals surface area contributed by atoms with E-state index in [9.17, 15) is 0 Å². The molecule has 0 atom stereocenters. The van der Waals surface area contributed by atoms with Crippen molar-refractivity contribution < 1.29 is 0 Å². The van der Waals surface area contributed by atoms with Crippen molar-refractivity contribution in [1.82, 2.24) is 9.97 Å². The fraction of sp³-hybridized carbons (Fsp3) is 0.154. The van der Waals surface area contributed by atoms with Gasteiger partial charge in [-0.25, -0.2) is 9.97 Å². The topological polar surface area (TPSA) is 63.8 Å². The van der Waals surface area contributed by atoms with E-state index in [-0.39, 0.29) is 4.99 Å². The summed E-state index contributed by atoms with van der Waals surface area (Å²) in [6.07, 6.45) is 1.73. The third-order valence-corrected chi connectivity index (χ3v) is 3.07. The van der Waals surface area contributed by atoms with Crippen molar-refractivity contribution in [1.29, 1.82) is 0 Å². The number of hydrogen-bond acceptors (Lipinski definition) is 4. The fourth-order valence-electron chi connectivity index (χ4n) is 1.71. The molecule has 0 saturated heterocycles. The number of aryl methyl sites for hydroxylation is 1. The molecule has 0 aliphatic heterocycles. The Morgan fingerprint density at radius 3 is 2.89 bits per heavy atom. The summed E-state index contributed by atoms with van der Waals surface area (Å²) in [6, 6.07) is 7.34. The molecule has 0 radical (unpaired) electrons. The van der Waals surface area contributed by atoms with Crippen LogP contribution in [0.25, 0.3) is 0 Å². The lowest BCUT2D eigenvalue weighted by Gasteiger charge is -2.12. The zero-order chi connectivity index (χ0) is 13.8. The van der Waals surface area contributed by atoms with Gasteiger partial charge >= 0.3 is 0 Å². The van der Waals surface area contributed by atoms with Gasteiger partial charge in [0, 0.05) is 11.9 Å². The van der Waals surface area contributed by atoms with Gasteiger partial charge in [-0.15, -0.1) is 0 Å². The molecule has 98 valence electrons. The van der Waals surface area contributed by atoms with E-state index in [2.05, 4.69) is 15.3 Å². The van der Waals surface area contributed by atoms with E-state index >= 15 is 0 Å². The van der Waals surface area contributed by atoms with Gasteiger partial charge in [-0.1, -0.05) is 29.9 Å². The van der Waals surface area contributed by atoms with Crippen LogP contribution in [0.3, 0.4) is 0 Å². The maximum atomic E-state index is 6.10. The van der Waals surface area contributed by atoms with Crippen molar-refractivity contribution in [3.05, 3.63) is 52.6 Å². The van der Waals surface area contributed by atoms with Gasteiger partial charge in [0.25, 0.3) is 0 Å². The molecule has 0 bridgehead atoms. The summed E-state index contributed by atoms with van der Waals surface area (Å²) in [5.41, 5.74) is 8.04. The highest BCUT2D eigenvalue weighted by Crippen LogP contribution is 2.24. The molecule has 2 aromatic rings. The second kappa shape index (κ2) is 5.95. The lowest BCUT2D eigenvalue weighted by Crippen LogP contribution is -2.14. The van der Waals surface area contributed by atoms with Gasteiger partial charge in [0.15, 0.2) is 0 Å². The van der Waals surface area contributed by atoms with Gasteiger partial charge in [0.1, 0.15) is 10.8 Å². The lowest BCUT2D eigenvalue weighted by molar-refractivity contribution is 0.955. The zero-order valence-electron chi connectivity index (χ0n) is 10.4. The summed E-state index contributed by atoms with van der Waals surface area (Å²) in [6.45, 7) is 2.41. The van der Waals surface area contributed by atoms with Crippen LogP contribution < -0.4 is 11.1 Å². The summed E-state index contributed by atoms with van der Waals surface area (Å²) in [4.78, 5) is 8.64. The minimum absolute atomic E-state index is 0.270. The van der Waals surface area contributed by atoms with Crippen LogP contribution in [0, 0.1) is 6.92 Å². The number of halogens is 1. The Morgan fingerprint density at radius 2 is 2.21 bits per heavy atom. The Morgan fingerprint density at radius 1 is 1.42 bits per heavy atom. The molecule has 6 heteroatoms. The average Bonchev–Trinajstić information content (AvgIpc) is 2.36. The van der Waals surface area contributed by atoms with Gasteiger partial charge in [-0.3, -0.25) is 0 Å². The SMILES string of the molecule is Cc1nccc(CNc2cccc(Cl)c2C(N)=S)n1. The van der Waals surface area contributed by atoms with Gasteiger partial charge in [-0.2, -0.15) is 0 Å². The van der Waals surface area contributed by atoms with Crippen molar-refractivity contribution in [2.24, 2.45) is 5.73 Å². The molecule has 0 spiro atoms. The van der Waals surface area contributed by atoms with E-state index in [1.807, 2.05) is 25.1 Å². The van der Waals surface area contributed by atoms with E-state index in [0.29, 0.717) is 17.1 Å². The normalized spacial score (nSPS) is 10.2. The number of nitrogens with two attached hydrogens (primary N) is 1. The molecule has 0 aliphatic carbocycles. The van der Waals surface area contributed by atoms with E-state index in [1.165, 1.54) is 0 Å². The van der Waals surface area contributed by atoms with Crippen LogP contribution in [0.2, 0.25) is 5.02 Å². The first kappa shape index (κ1) is 13.7. The molecule has 4 nitrogen and oxygen atoms in total. The second-order valence-electron chi connectivity index (χ2n) is 3.98. The van der Waals surface area contributed by atoms with Crippen LogP contribution >= 0.6 is 23.8 Å². The van der Waals surface area contributed by atoms with Crippen molar-refractivity contribution in [2.45, 2.75) is 13.5 Å². The van der Waals surface area contributed by atoms with Crippen LogP contribution in [0.4, 0.5) is 5.69 Å². The number of rotatable bonds is 4. The second-order valence-corrected chi connectivity index (χ2v) is 4.82. The van der Waals surface area contributed by atoms with Gasteiger partial charge in [0.05, 0.1) is 22.8 Å². The van der Waals surface area contributed by atoms with Gasteiger partial charge in [-0.05, 0) is 25.1 Å². The van der Waals surface area contributed by atoms with E-state index in [4.69, 9.17) is 29.6 Å². The Labute approximate surface area is 122 Å². The number of thiocarbonyl (C=S) groups is 1. The maximum absolute atomic E-state index is 6.10. The monoisotopic (exact) mass is 292 g/mol. The average molecular weight is 293 g/mol. The first-order valence-corrected chi connectivity index (χ1v) is 6.47. The van der Waals surface area contributed by atoms with E-state index < -0.39 is 0 Å². The standard InChI is InChI=1S/C13H13ClN4S/c1-8-16-6-5-9(18-8)7-17-11-4-2-3-10(14)12(11)13(15)19/h2-6,17H,7H2,1H3,(H2,15,19). The minimum Gasteiger partial charge on any atom is -0.389 e. The Balaban J connectivity index is 2.20. The minimum atomic E-state index is 0.270. The smallest absolute Gasteiger partial charge is 0.125 e. The molecule has 3 N–H and O–H groups in total. The first-order chi connectivity index (χ1) is 9.08. The van der Waals surface area contributed by atoms with Crippen molar-refractivity contribution in [2.75, 3.05) is 5.32 Å². The van der Waals surface area contributed by atoms with E-state index in [0.717, 1.165) is 17.2 Å². The maximum Gasteiger partial charge on any atom is 0.125 e. The highest BCUT2D eigenvalue weighted by Gasteiger charge is 2.09. The third-order valence-electron chi connectivity index (χ3n) is 2.55. The predicted octanol–water partition coefficient (Wildman–Crippen LogP) is 2.68. The van der Waals surface area contributed by atoms with Crippen LogP contribution in [0.15, 0.2) is 30.5 Å². The summed E-state index contributed by atoms with van der Waals surface area (Å²) >= 11 is 11.1. The molecular formula is C13H13ClN4S.